The fourth-order valence-corrected chi connectivity index (χ4v) is 2.61. The minimum absolute atomic E-state index is 0.508. The van der Waals surface area contributed by atoms with Gasteiger partial charge in [0.05, 0.1) is 20.3 Å². The van der Waals surface area contributed by atoms with Gasteiger partial charge in [0, 0.05) is 34.2 Å². The zero-order chi connectivity index (χ0) is 40.5. The Balaban J connectivity index is 2.07. The molecule has 6 heteroatoms. The van der Waals surface area contributed by atoms with E-state index in [2.05, 4.69) is 5.32 Å². The van der Waals surface area contributed by atoms with Crippen molar-refractivity contribution in [1.29, 1.82) is 0 Å². The molecule has 1 heterocycles. The third-order valence-electron chi connectivity index (χ3n) is 4.13. The number of nitrogens with one attached hydrogen (secondary N) is 1. The molecule has 0 spiro atoms. The lowest BCUT2D eigenvalue weighted by Crippen LogP contribution is -2.49. The Hall–Kier alpha value is -2.60. The van der Waals surface area contributed by atoms with Gasteiger partial charge in [-0.2, -0.15) is 0 Å². The van der Waals surface area contributed by atoms with Crippen LogP contribution in [0.15, 0.2) is 48.3 Å². The zero-order valence-electron chi connectivity index (χ0n) is 37.5. The average molecular weight is 449 g/mol. The van der Waals surface area contributed by atoms with E-state index in [1.807, 2.05) is 0 Å². The number of rotatable bonds is 8. The van der Waals surface area contributed by atoms with E-state index >= 15 is 0 Å². The van der Waals surface area contributed by atoms with Gasteiger partial charge in [0.2, 0.25) is 0 Å². The monoisotopic (exact) mass is 448 g/mol. The molecule has 2 aromatic carbocycles. The van der Waals surface area contributed by atoms with Crippen LogP contribution < -0.4 is 10.1 Å². The quantitative estimate of drug-likeness (QED) is 0.638. The van der Waals surface area contributed by atoms with Crippen molar-refractivity contribution in [3.05, 3.63) is 65.3 Å². The van der Waals surface area contributed by atoms with Crippen LogP contribution in [0, 0.1) is 11.7 Å². The van der Waals surface area contributed by atoms with Gasteiger partial charge in [-0.25, -0.2) is 9.18 Å². The summed E-state index contributed by atoms with van der Waals surface area (Å²) in [5.41, 5.74) is -1.09. The molecule has 168 valence electrons. The lowest BCUT2D eigenvalue weighted by Gasteiger charge is -2.37. The third kappa shape index (κ3) is 7.24. The molecule has 1 aliphatic rings. The van der Waals surface area contributed by atoms with E-state index in [0.717, 1.165) is 9.80 Å². The molecule has 5 nitrogen and oxygen atoms in total. The highest BCUT2D eigenvalue weighted by Gasteiger charge is 2.27. The first-order chi connectivity index (χ1) is 23.3. The van der Waals surface area contributed by atoms with Crippen LogP contribution in [0.25, 0.3) is 0 Å². The number of amides is 2. The summed E-state index contributed by atoms with van der Waals surface area (Å²) in [7, 11) is 1.17. The van der Waals surface area contributed by atoms with Crippen molar-refractivity contribution in [3.63, 3.8) is 0 Å². The molecule has 0 atom stereocenters. The Labute approximate surface area is 214 Å². The van der Waals surface area contributed by atoms with Crippen LogP contribution in [0.3, 0.4) is 0 Å². The Bertz CT molecular complexity index is 1640. The molecule has 31 heavy (non-hydrogen) atoms. The summed E-state index contributed by atoms with van der Waals surface area (Å²) in [5.74, 6) is -6.71. The summed E-state index contributed by atoms with van der Waals surface area (Å²) in [6.07, 6.45) is -1.09. The highest BCUT2D eigenvalue weighted by atomic mass is 19.1. The standard InChI is InChI=1S/C25H34FN3O2/c1-19(2)18-31-24-10-6-20(7-11-24)16-27-25(30)29(23-12-14-28(3)15-13-23)17-21-4-8-22(26)9-5-21/h4-11,19,23H,12-18H2,1-3H3,(H,27,30)/i1D3,2D3,4D,5D,6D,7D,8D,9D,10D,11D,14D2,15D2,18D2,19D. The Morgan fingerprint density at radius 3 is 2.58 bits per heavy atom. The van der Waals surface area contributed by atoms with Gasteiger partial charge >= 0.3 is 6.03 Å². The van der Waals surface area contributed by atoms with Crippen LogP contribution in [0.4, 0.5) is 9.18 Å². The number of halogens is 1. The van der Waals surface area contributed by atoms with Crippen LogP contribution in [0.1, 0.15) is 66.5 Å². The van der Waals surface area contributed by atoms with E-state index in [-0.39, 0.29) is 0 Å². The van der Waals surface area contributed by atoms with Gasteiger partial charge in [0.25, 0.3) is 0 Å². The molecular weight excluding hydrogens is 393 g/mol. The van der Waals surface area contributed by atoms with Crippen LogP contribution in [0.2, 0.25) is 0 Å². The van der Waals surface area contributed by atoms with Crippen LogP contribution in [0.5, 0.6) is 5.75 Å². The Morgan fingerprint density at radius 2 is 1.94 bits per heavy atom. The van der Waals surface area contributed by atoms with Crippen LogP contribution in [-0.2, 0) is 13.1 Å². The molecular formula is C25H34FN3O2. The van der Waals surface area contributed by atoms with Crippen molar-refractivity contribution in [1.82, 2.24) is 15.1 Å². The second kappa shape index (κ2) is 11.1. The van der Waals surface area contributed by atoms with Gasteiger partial charge in [-0.15, -0.1) is 0 Å². The molecule has 1 saturated heterocycles. The van der Waals surface area contributed by atoms with Crippen LogP contribution in [-0.4, -0.2) is 48.5 Å². The second-order valence-corrected chi connectivity index (χ2v) is 6.40. The van der Waals surface area contributed by atoms with E-state index in [9.17, 15) is 9.18 Å². The van der Waals surface area contributed by atoms with Crippen molar-refractivity contribution in [2.45, 2.75) is 45.7 Å². The van der Waals surface area contributed by atoms with Crippen molar-refractivity contribution < 1.29 is 42.7 Å². The molecule has 1 aliphatic heterocycles. The minimum atomic E-state index is -3.98. The van der Waals surface area contributed by atoms with Gasteiger partial charge in [-0.05, 0) is 74.1 Å². The number of benzene rings is 2. The molecule has 2 aromatic rings. The molecule has 0 aromatic heterocycles. The highest BCUT2D eigenvalue weighted by molar-refractivity contribution is 5.74. The number of ether oxygens (including phenoxy) is 1. The van der Waals surface area contributed by atoms with Gasteiger partial charge in [0.1, 0.15) is 11.6 Å². The first kappa shape index (κ1) is 8.07. The SMILES string of the molecule is [2H]c1c([2H])c(CN(C(=O)NCc2c([2H])c([2H])c(OC([2H])([2H])C([2H])(C([2H])([2H])[2H])C([2H])([2H])[2H])c([2H])c2[2H])C2CC([2H])([2H])N(C)C([2H])([2H])C2)c([2H])c([2H])c1F. The molecule has 0 saturated carbocycles. The summed E-state index contributed by atoms with van der Waals surface area (Å²) in [5, 5.41) is 2.27. The van der Waals surface area contributed by atoms with Crippen molar-refractivity contribution in [3.8, 4) is 5.75 Å². The summed E-state index contributed by atoms with van der Waals surface area (Å²) in [4.78, 5) is 15.3. The normalized spacial score (nSPS) is 29.8. The largest absolute Gasteiger partial charge is 0.493 e. The van der Waals surface area contributed by atoms with Crippen molar-refractivity contribution in [2.24, 2.45) is 5.89 Å². The molecule has 3 rings (SSSR count). The molecule has 0 radical (unpaired) electrons. The predicted octanol–water partition coefficient (Wildman–Crippen LogP) is 4.67. The molecule has 1 fully saturated rings. The predicted molar refractivity (Wildman–Crippen MR) is 121 cm³/mol. The van der Waals surface area contributed by atoms with Crippen molar-refractivity contribution in [2.75, 3.05) is 26.6 Å². The average Bonchev–Trinajstić information content (AvgIpc) is 3.00. The fourth-order valence-electron chi connectivity index (χ4n) is 2.61. The molecule has 0 unspecified atom stereocenters. The third-order valence-corrected chi connectivity index (χ3v) is 4.13. The number of likely N-dealkylation sites (tertiary alicyclic amines) is 1. The number of urea groups is 1. The fraction of sp³-hybridized carbons (Fsp3) is 0.480. The van der Waals surface area contributed by atoms with E-state index < -0.39 is 148 Å². The van der Waals surface area contributed by atoms with Gasteiger partial charge < -0.3 is 19.9 Å². The highest BCUT2D eigenvalue weighted by Crippen LogP contribution is 2.19. The number of hydrogen-bond donors (Lipinski definition) is 1. The Morgan fingerprint density at radius 1 is 1.29 bits per heavy atom. The van der Waals surface area contributed by atoms with Gasteiger partial charge in [0.15, 0.2) is 0 Å². The minimum Gasteiger partial charge on any atom is -0.493 e. The second-order valence-electron chi connectivity index (χ2n) is 6.40. The molecule has 1 N–H and O–H groups in total. The first-order valence-electron chi connectivity index (χ1n) is 19.6. The zero-order valence-corrected chi connectivity index (χ0v) is 16.5. The lowest BCUT2D eigenvalue weighted by molar-refractivity contribution is 0.127. The van der Waals surface area contributed by atoms with E-state index in [4.69, 9.17) is 33.5 Å². The van der Waals surface area contributed by atoms with E-state index in [0.29, 0.717) is 0 Å². The van der Waals surface area contributed by atoms with Gasteiger partial charge in [-0.1, -0.05) is 37.9 Å². The van der Waals surface area contributed by atoms with Crippen LogP contribution >= 0.6 is 0 Å². The number of hydrogen-bond acceptors (Lipinski definition) is 3. The summed E-state index contributed by atoms with van der Waals surface area (Å²) >= 11 is 0. The maximum absolute atomic E-state index is 14.3. The number of carbonyl (C=O) groups excluding carboxylic acids is 1. The first-order valence-corrected chi connectivity index (χ1v) is 9.08. The molecule has 0 bridgehead atoms. The molecule has 2 amide bonds. The number of piperidine rings is 1. The summed E-state index contributed by atoms with van der Waals surface area (Å²) < 4.78 is 187. The topological polar surface area (TPSA) is 44.8 Å². The van der Waals surface area contributed by atoms with Gasteiger partial charge in [-0.3, -0.25) is 0 Å². The number of nitrogens with zero attached hydrogens (tertiary/aromatic N) is 2. The number of carbonyl (C=O) groups is 1. The lowest BCUT2D eigenvalue weighted by atomic mass is 10.0. The van der Waals surface area contributed by atoms with E-state index in [1.165, 1.54) is 7.05 Å². The summed E-state index contributed by atoms with van der Waals surface area (Å²) in [6.45, 7) is -18.1. The maximum atomic E-state index is 14.3. The Kier molecular flexibility index (Phi) is 2.90. The maximum Gasteiger partial charge on any atom is 0.318 e. The molecule has 0 aliphatic carbocycles. The van der Waals surface area contributed by atoms with E-state index in [1.54, 1.807) is 0 Å². The van der Waals surface area contributed by atoms with Crippen molar-refractivity contribution >= 4 is 6.03 Å². The smallest absolute Gasteiger partial charge is 0.318 e. The summed E-state index contributed by atoms with van der Waals surface area (Å²) in [6, 6.07) is -10.7.